The van der Waals surface area contributed by atoms with Crippen molar-refractivity contribution in [2.75, 3.05) is 0 Å². The molecule has 0 aliphatic rings. The molecule has 0 unspecified atom stereocenters. The maximum atomic E-state index is 4.15. The van der Waals surface area contributed by atoms with Crippen LogP contribution >= 0.6 is 15.9 Å². The lowest BCUT2D eigenvalue weighted by atomic mass is 10.5. The number of rotatable bonds is 2. The maximum Gasteiger partial charge on any atom is 0.137 e. The molecule has 1 aromatic rings. The van der Waals surface area contributed by atoms with Gasteiger partial charge in [-0.3, -0.25) is 0 Å². The second-order valence-electron chi connectivity index (χ2n) is 2.23. The highest BCUT2D eigenvalue weighted by Crippen LogP contribution is 2.14. The summed E-state index contributed by atoms with van der Waals surface area (Å²) in [6.45, 7) is 9.36. The summed E-state index contributed by atoms with van der Waals surface area (Å²) in [5.74, 6) is 0.810. The van der Waals surface area contributed by atoms with Crippen LogP contribution in [0.3, 0.4) is 0 Å². The Bertz CT molecular complexity index is 299. The van der Waals surface area contributed by atoms with Gasteiger partial charge >= 0.3 is 0 Å². The maximum absolute atomic E-state index is 4.15. The highest BCUT2D eigenvalue weighted by molar-refractivity contribution is 9.10. The summed E-state index contributed by atoms with van der Waals surface area (Å²) in [4.78, 5) is 4.15. The number of aromatic nitrogens is 2. The summed E-state index contributed by atoms with van der Waals surface area (Å²) in [6, 6.07) is 0. The standard InChI is InChI=1S/C8H9BrN2/c1-4-8-10-7(9)5-11(8)6(2)3/h4-5H,1-2H2,3H3. The Hall–Kier alpha value is -0.830. The highest BCUT2D eigenvalue weighted by atomic mass is 79.9. The van der Waals surface area contributed by atoms with Crippen LogP contribution in [0.25, 0.3) is 11.8 Å². The molecule has 0 radical (unpaired) electrons. The number of nitrogens with zero attached hydrogens (tertiary/aromatic N) is 2. The van der Waals surface area contributed by atoms with Gasteiger partial charge in [0, 0.05) is 11.9 Å². The zero-order valence-corrected chi connectivity index (χ0v) is 7.93. The van der Waals surface area contributed by atoms with Crippen LogP contribution in [0.15, 0.2) is 24.0 Å². The Morgan fingerprint density at radius 3 is 2.82 bits per heavy atom. The summed E-state index contributed by atoms with van der Waals surface area (Å²) in [5.41, 5.74) is 0.929. The quantitative estimate of drug-likeness (QED) is 0.738. The summed E-state index contributed by atoms with van der Waals surface area (Å²) < 4.78 is 2.67. The van der Waals surface area contributed by atoms with Crippen LogP contribution in [0.1, 0.15) is 12.7 Å². The molecule has 11 heavy (non-hydrogen) atoms. The number of imidazole rings is 1. The molecule has 1 rings (SSSR count). The van der Waals surface area contributed by atoms with E-state index in [4.69, 9.17) is 0 Å². The van der Waals surface area contributed by atoms with E-state index < -0.39 is 0 Å². The molecule has 0 spiro atoms. The largest absolute Gasteiger partial charge is 0.304 e. The monoisotopic (exact) mass is 212 g/mol. The molecule has 0 saturated carbocycles. The second-order valence-corrected chi connectivity index (χ2v) is 3.04. The number of allylic oxidation sites excluding steroid dienone is 1. The molecule has 0 aromatic carbocycles. The first-order valence-electron chi connectivity index (χ1n) is 3.18. The van der Waals surface area contributed by atoms with E-state index >= 15 is 0 Å². The first kappa shape index (κ1) is 8.27. The van der Waals surface area contributed by atoms with E-state index in [2.05, 4.69) is 34.1 Å². The summed E-state index contributed by atoms with van der Waals surface area (Å²) in [5, 5.41) is 0. The van der Waals surface area contributed by atoms with Gasteiger partial charge in [-0.15, -0.1) is 0 Å². The van der Waals surface area contributed by atoms with E-state index in [9.17, 15) is 0 Å². The highest BCUT2D eigenvalue weighted by Gasteiger charge is 2.01. The molecular weight excluding hydrogens is 204 g/mol. The van der Waals surface area contributed by atoms with E-state index in [0.717, 1.165) is 16.1 Å². The molecule has 0 atom stereocenters. The molecule has 0 N–H and O–H groups in total. The molecule has 0 aliphatic carbocycles. The normalized spacial score (nSPS) is 9.64. The van der Waals surface area contributed by atoms with E-state index in [1.54, 1.807) is 6.08 Å². The molecule has 2 nitrogen and oxygen atoms in total. The van der Waals surface area contributed by atoms with Gasteiger partial charge in [0.05, 0.1) is 0 Å². The minimum absolute atomic E-state index is 0.801. The van der Waals surface area contributed by atoms with E-state index in [1.807, 2.05) is 17.7 Å². The topological polar surface area (TPSA) is 17.8 Å². The second kappa shape index (κ2) is 3.05. The molecule has 0 bridgehead atoms. The third kappa shape index (κ3) is 1.60. The molecule has 0 aliphatic heterocycles. The van der Waals surface area contributed by atoms with Crippen LogP contribution in [0.4, 0.5) is 0 Å². The van der Waals surface area contributed by atoms with E-state index in [-0.39, 0.29) is 0 Å². The van der Waals surface area contributed by atoms with Gasteiger partial charge in [0.25, 0.3) is 0 Å². The van der Waals surface area contributed by atoms with Crippen molar-refractivity contribution in [3.05, 3.63) is 29.8 Å². The van der Waals surface area contributed by atoms with Crippen LogP contribution < -0.4 is 0 Å². The lowest BCUT2D eigenvalue weighted by Crippen LogP contribution is -1.92. The zero-order chi connectivity index (χ0) is 8.43. The smallest absolute Gasteiger partial charge is 0.137 e. The zero-order valence-electron chi connectivity index (χ0n) is 6.34. The SMILES string of the molecule is C=Cc1nc(Br)cn1C(=C)C. The van der Waals surface area contributed by atoms with Crippen molar-refractivity contribution in [3.8, 4) is 0 Å². The summed E-state index contributed by atoms with van der Waals surface area (Å²) in [7, 11) is 0. The van der Waals surface area contributed by atoms with Gasteiger partial charge < -0.3 is 4.57 Å². The van der Waals surface area contributed by atoms with E-state index in [1.165, 1.54) is 0 Å². The Morgan fingerprint density at radius 1 is 1.82 bits per heavy atom. The minimum atomic E-state index is 0.801. The van der Waals surface area contributed by atoms with Crippen molar-refractivity contribution in [1.29, 1.82) is 0 Å². The molecule has 58 valence electrons. The van der Waals surface area contributed by atoms with Crippen LogP contribution in [0.2, 0.25) is 0 Å². The third-order valence-corrected chi connectivity index (χ3v) is 1.68. The molecule has 1 heterocycles. The average molecular weight is 213 g/mol. The first-order chi connectivity index (χ1) is 5.15. The van der Waals surface area contributed by atoms with Crippen molar-refractivity contribution >= 4 is 27.7 Å². The van der Waals surface area contributed by atoms with Gasteiger partial charge in [-0.1, -0.05) is 13.2 Å². The number of halogens is 1. The number of hydrogen-bond acceptors (Lipinski definition) is 1. The fraction of sp³-hybridized carbons (Fsp3) is 0.125. The van der Waals surface area contributed by atoms with Crippen molar-refractivity contribution in [3.63, 3.8) is 0 Å². The van der Waals surface area contributed by atoms with Crippen LogP contribution in [0, 0.1) is 0 Å². The van der Waals surface area contributed by atoms with Gasteiger partial charge in [-0.2, -0.15) is 0 Å². The predicted molar refractivity (Wildman–Crippen MR) is 51.0 cm³/mol. The fourth-order valence-corrected chi connectivity index (χ4v) is 1.20. The molecule has 0 amide bonds. The van der Waals surface area contributed by atoms with Gasteiger partial charge in [-0.05, 0) is 28.9 Å². The van der Waals surface area contributed by atoms with Gasteiger partial charge in [0.2, 0.25) is 0 Å². The molecule has 0 fully saturated rings. The number of hydrogen-bond donors (Lipinski definition) is 0. The van der Waals surface area contributed by atoms with Crippen LogP contribution in [-0.4, -0.2) is 9.55 Å². The average Bonchev–Trinajstić information content (AvgIpc) is 2.30. The predicted octanol–water partition coefficient (Wildman–Crippen LogP) is 2.78. The Kier molecular flexibility index (Phi) is 2.29. The van der Waals surface area contributed by atoms with Crippen molar-refractivity contribution in [2.45, 2.75) is 6.92 Å². The molecular formula is C8H9BrN2. The molecule has 3 heteroatoms. The van der Waals surface area contributed by atoms with Crippen LogP contribution in [-0.2, 0) is 0 Å². The Labute approximate surface area is 74.4 Å². The first-order valence-corrected chi connectivity index (χ1v) is 3.97. The Morgan fingerprint density at radius 2 is 2.45 bits per heavy atom. The third-order valence-electron chi connectivity index (χ3n) is 1.30. The Balaban J connectivity index is 3.22. The molecule has 0 saturated heterocycles. The van der Waals surface area contributed by atoms with Crippen molar-refractivity contribution in [2.24, 2.45) is 0 Å². The van der Waals surface area contributed by atoms with Gasteiger partial charge in [0.1, 0.15) is 10.4 Å². The summed E-state index contributed by atoms with van der Waals surface area (Å²) in [6.07, 6.45) is 3.55. The lowest BCUT2D eigenvalue weighted by molar-refractivity contribution is 1.06. The minimum Gasteiger partial charge on any atom is -0.304 e. The fourth-order valence-electron chi connectivity index (χ4n) is 0.815. The van der Waals surface area contributed by atoms with Crippen LogP contribution in [0.5, 0.6) is 0 Å². The van der Waals surface area contributed by atoms with Crippen molar-refractivity contribution in [1.82, 2.24) is 9.55 Å². The van der Waals surface area contributed by atoms with Gasteiger partial charge in [-0.25, -0.2) is 4.98 Å². The van der Waals surface area contributed by atoms with E-state index in [0.29, 0.717) is 0 Å². The molecule has 1 aromatic heterocycles. The van der Waals surface area contributed by atoms with Crippen molar-refractivity contribution < 1.29 is 0 Å². The van der Waals surface area contributed by atoms with Gasteiger partial charge in [0.15, 0.2) is 0 Å². The summed E-state index contributed by atoms with van der Waals surface area (Å²) >= 11 is 3.27. The lowest BCUT2D eigenvalue weighted by Gasteiger charge is -2.00.